The topological polar surface area (TPSA) is 0 Å². The molecule has 0 nitrogen and oxygen atoms in total. The van der Waals surface area contributed by atoms with Crippen molar-refractivity contribution in [2.24, 2.45) is 0 Å². The van der Waals surface area contributed by atoms with Gasteiger partial charge in [-0.1, -0.05) is 34.3 Å². The fraction of sp³-hybridized carbons (Fsp3) is 1.00. The van der Waals surface area contributed by atoms with E-state index >= 15 is 0 Å². The van der Waals surface area contributed by atoms with Crippen LogP contribution in [0.25, 0.3) is 0 Å². The van der Waals surface area contributed by atoms with Crippen molar-refractivity contribution < 1.29 is 4.39 Å². The summed E-state index contributed by atoms with van der Waals surface area (Å²) in [5.41, 5.74) is 0. The first-order valence-electron chi connectivity index (χ1n) is 1.10. The Morgan fingerprint density at radius 3 is 1.83 bits per heavy atom. The van der Waals surface area contributed by atoms with E-state index in [-0.39, 0.29) is 0 Å². The molecule has 0 saturated heterocycles. The van der Waals surface area contributed by atoms with Crippen LogP contribution in [0.15, 0.2) is 0 Å². The molecule has 0 atom stereocenters. The highest BCUT2D eigenvalue weighted by Gasteiger charge is 2.03. The van der Waals surface area contributed by atoms with Crippen LogP contribution in [0.3, 0.4) is 0 Å². The molecule has 0 aliphatic carbocycles. The highest BCUT2D eigenvalue weighted by molar-refractivity contribution is 8.38. The molecule has 0 aromatic heterocycles. The molecule has 0 fully saturated rings. The van der Waals surface area contributed by atoms with Crippen LogP contribution in [-0.2, 0) is 11.8 Å². The van der Waals surface area contributed by atoms with Gasteiger partial charge in [-0.05, 0) is 0 Å². The Hall–Kier alpha value is 1.16. The van der Waals surface area contributed by atoms with Crippen molar-refractivity contribution in [2.45, 2.75) is 0 Å². The summed E-state index contributed by atoms with van der Waals surface area (Å²) in [6.07, 6.45) is -0.772. The van der Waals surface area contributed by atoms with Crippen molar-refractivity contribution in [2.75, 3.05) is 6.42 Å². The van der Waals surface area contributed by atoms with Gasteiger partial charge in [-0.2, -0.15) is 0 Å². The lowest BCUT2D eigenvalue weighted by molar-refractivity contribution is 0.603. The highest BCUT2D eigenvalue weighted by atomic mass is 35.9. The molecule has 0 radical (unpaired) electrons. The SMILES string of the molecule is FCP(=S)(Cl)Cl. The Morgan fingerprint density at radius 1 is 1.67 bits per heavy atom. The molecule has 0 heterocycles. The lowest BCUT2D eigenvalue weighted by Crippen LogP contribution is -1.55. The zero-order chi connectivity index (χ0) is 5.21. The smallest absolute Gasteiger partial charge is 0.149 e. The van der Waals surface area contributed by atoms with Crippen LogP contribution in [-0.4, -0.2) is 6.42 Å². The first kappa shape index (κ1) is 7.16. The van der Waals surface area contributed by atoms with Crippen molar-refractivity contribution in [1.29, 1.82) is 0 Å². The third-order valence-corrected chi connectivity index (χ3v) is 1.25. The third-order valence-electron chi connectivity index (χ3n) is 0.139. The van der Waals surface area contributed by atoms with Crippen LogP contribution in [0.1, 0.15) is 0 Å². The van der Waals surface area contributed by atoms with Gasteiger partial charge in [0.25, 0.3) is 0 Å². The van der Waals surface area contributed by atoms with E-state index in [1.807, 2.05) is 0 Å². The molecule has 0 spiro atoms. The molecule has 38 valence electrons. The molecule has 0 amide bonds. The summed E-state index contributed by atoms with van der Waals surface area (Å²) in [4.78, 5) is 0. The van der Waals surface area contributed by atoms with Gasteiger partial charge < -0.3 is 0 Å². The van der Waals surface area contributed by atoms with Gasteiger partial charge in [0.1, 0.15) is 11.2 Å². The maximum absolute atomic E-state index is 11.2. The summed E-state index contributed by atoms with van der Waals surface area (Å²) < 4.78 is 8.65. The van der Waals surface area contributed by atoms with Gasteiger partial charge in [0, 0.05) is 0 Å². The largest absolute Gasteiger partial charge is 0.243 e. The molecule has 0 N–H and O–H groups in total. The Bertz CT molecular complexity index is 77.6. The summed E-state index contributed by atoms with van der Waals surface area (Å²) in [6, 6.07) is 0. The average molecular weight is 167 g/mol. The summed E-state index contributed by atoms with van der Waals surface area (Å²) >= 11 is 14.3. The van der Waals surface area contributed by atoms with Crippen molar-refractivity contribution in [1.82, 2.24) is 0 Å². The zero-order valence-corrected chi connectivity index (χ0v) is 5.92. The summed E-state index contributed by atoms with van der Waals surface area (Å²) in [5.74, 6) is 0. The minimum atomic E-state index is -2.54. The minimum absolute atomic E-state index is 0.772. The van der Waals surface area contributed by atoms with Crippen molar-refractivity contribution in [3.8, 4) is 0 Å². The Morgan fingerprint density at radius 2 is 1.83 bits per heavy atom. The van der Waals surface area contributed by atoms with Crippen LogP contribution in [0.4, 0.5) is 4.39 Å². The molecule has 0 aliphatic rings. The number of halogens is 3. The minimum Gasteiger partial charge on any atom is -0.243 e. The molecule has 0 rings (SSSR count). The number of rotatable bonds is 1. The molecule has 5 heteroatoms. The van der Waals surface area contributed by atoms with Crippen LogP contribution in [0.2, 0.25) is 0 Å². The second-order valence-electron chi connectivity index (χ2n) is 0.690. The summed E-state index contributed by atoms with van der Waals surface area (Å²) in [7, 11) is 0. The van der Waals surface area contributed by atoms with Crippen molar-refractivity contribution >= 4 is 39.0 Å². The molecular weight excluding hydrogens is 165 g/mol. The predicted octanol–water partition coefficient (Wildman–Crippen LogP) is 2.70. The van der Waals surface area contributed by atoms with E-state index in [0.29, 0.717) is 0 Å². The Balaban J connectivity index is 3.48. The molecule has 0 saturated carbocycles. The summed E-state index contributed by atoms with van der Waals surface area (Å²) in [6.45, 7) is 0. The molecule has 0 aliphatic heterocycles. The first-order chi connectivity index (χ1) is 2.56. The normalized spacial score (nSPS) is 11.8. The van der Waals surface area contributed by atoms with E-state index in [1.54, 1.807) is 0 Å². The molecule has 6 heavy (non-hydrogen) atoms. The van der Waals surface area contributed by atoms with E-state index < -0.39 is 11.2 Å². The molecule has 0 aromatic rings. The Labute approximate surface area is 50.2 Å². The number of alkyl halides is 1. The monoisotopic (exact) mass is 166 g/mol. The van der Waals surface area contributed by atoms with Gasteiger partial charge in [0.15, 0.2) is 0 Å². The Kier molecular flexibility index (Phi) is 2.94. The summed E-state index contributed by atoms with van der Waals surface area (Å²) in [5, 5.41) is 0. The van der Waals surface area contributed by atoms with Crippen LogP contribution in [0.5, 0.6) is 0 Å². The van der Waals surface area contributed by atoms with Gasteiger partial charge >= 0.3 is 0 Å². The first-order valence-corrected chi connectivity index (χ1v) is 5.90. The van der Waals surface area contributed by atoms with Gasteiger partial charge in [0.05, 0.1) is 0 Å². The maximum Gasteiger partial charge on any atom is 0.149 e. The van der Waals surface area contributed by atoms with Crippen molar-refractivity contribution in [3.63, 3.8) is 0 Å². The quantitative estimate of drug-likeness (QED) is 0.541. The fourth-order valence-electron chi connectivity index (χ4n) is 0. The van der Waals surface area contributed by atoms with Gasteiger partial charge in [-0.3, -0.25) is 0 Å². The van der Waals surface area contributed by atoms with Gasteiger partial charge in [-0.25, -0.2) is 4.39 Å². The van der Waals surface area contributed by atoms with E-state index in [1.165, 1.54) is 0 Å². The zero-order valence-electron chi connectivity index (χ0n) is 2.70. The van der Waals surface area contributed by atoms with E-state index in [4.69, 9.17) is 22.5 Å². The van der Waals surface area contributed by atoms with Crippen LogP contribution >= 0.6 is 27.2 Å². The highest BCUT2D eigenvalue weighted by Crippen LogP contribution is 2.56. The second kappa shape index (κ2) is 2.46. The number of hydrogen-bond donors (Lipinski definition) is 0. The standard InChI is InChI=1S/CH2Cl2FPS/c2-5(3,6)1-4/h1H2. The lowest BCUT2D eigenvalue weighted by atomic mass is 11.8. The van der Waals surface area contributed by atoms with Gasteiger partial charge in [-0.15, -0.1) is 0 Å². The maximum atomic E-state index is 11.2. The average Bonchev–Trinajstić information content (AvgIpc) is 1.35. The second-order valence-corrected chi connectivity index (χ2v) is 9.12. The van der Waals surface area contributed by atoms with Crippen LogP contribution in [0, 0.1) is 0 Å². The molecule has 0 aromatic carbocycles. The molecule has 0 unspecified atom stereocenters. The van der Waals surface area contributed by atoms with E-state index in [9.17, 15) is 4.39 Å². The third kappa shape index (κ3) is 5.16. The van der Waals surface area contributed by atoms with Crippen molar-refractivity contribution in [3.05, 3.63) is 0 Å². The fourth-order valence-corrected chi connectivity index (χ4v) is 0. The van der Waals surface area contributed by atoms with E-state index in [0.717, 1.165) is 0 Å². The van der Waals surface area contributed by atoms with E-state index in [2.05, 4.69) is 11.8 Å². The number of hydrogen-bond acceptors (Lipinski definition) is 1. The predicted molar refractivity (Wildman–Crippen MR) is 32.0 cm³/mol. The van der Waals surface area contributed by atoms with Gasteiger partial charge in [0.2, 0.25) is 0 Å². The van der Waals surface area contributed by atoms with Crippen LogP contribution < -0.4 is 0 Å². The lowest BCUT2D eigenvalue weighted by Gasteiger charge is -1.90. The molecule has 0 bridgehead atoms. The molecular formula is CH2Cl2FPS.